The van der Waals surface area contributed by atoms with Crippen LogP contribution in [-0.2, 0) is 5.41 Å². The van der Waals surface area contributed by atoms with Crippen molar-refractivity contribution in [2.24, 2.45) is 0 Å². The van der Waals surface area contributed by atoms with Gasteiger partial charge in [-0.25, -0.2) is 4.98 Å². The van der Waals surface area contributed by atoms with Gasteiger partial charge >= 0.3 is 0 Å². The molecule has 0 aliphatic heterocycles. The van der Waals surface area contributed by atoms with Crippen molar-refractivity contribution < 1.29 is 8.85 Å². The minimum Gasteiger partial charge on any atom is -0.497 e. The molecule has 2 aliphatic rings. The van der Waals surface area contributed by atoms with Gasteiger partial charge in [0.1, 0.15) is 11.6 Å². The lowest BCUT2D eigenvalue weighted by Crippen LogP contribution is -2.25. The van der Waals surface area contributed by atoms with E-state index in [-0.39, 0.29) is 5.56 Å². The summed E-state index contributed by atoms with van der Waals surface area (Å²) in [6, 6.07) is 48.5. The first-order chi connectivity index (χ1) is 24.4. The predicted octanol–water partition coefficient (Wildman–Crippen LogP) is 10.5. The van der Waals surface area contributed by atoms with E-state index in [1.807, 2.05) is 42.5 Å². The second-order valence-electron chi connectivity index (χ2n) is 12.5. The van der Waals surface area contributed by atoms with Crippen molar-refractivity contribution in [3.63, 3.8) is 0 Å². The van der Waals surface area contributed by atoms with Crippen LogP contribution in [0, 0.1) is 6.85 Å². The molecular formula is C44H30N2O. The number of hydrogen-bond acceptors (Lipinski definition) is 2. The first-order valence-electron chi connectivity index (χ1n) is 17.4. The zero-order chi connectivity index (χ0) is 33.8. The molecule has 3 nitrogen and oxygen atoms in total. The lowest BCUT2D eigenvalue weighted by atomic mass is 9.70. The first kappa shape index (κ1) is 23.4. The maximum atomic E-state index is 8.57. The Hall–Kier alpha value is -5.93. The van der Waals surface area contributed by atoms with Crippen LogP contribution in [0.4, 0.5) is 0 Å². The summed E-state index contributed by atoms with van der Waals surface area (Å²) in [7, 11) is 1.66. The Morgan fingerprint density at radius 2 is 1.19 bits per heavy atom. The number of methoxy groups -OCH3 is 1. The van der Waals surface area contributed by atoms with Gasteiger partial charge in [0.05, 0.1) is 23.6 Å². The Balaban J connectivity index is 1.33. The fraction of sp³-hybridized carbons (Fsp3) is 0.0682. The normalized spacial score (nSPS) is 14.7. The molecule has 0 amide bonds. The molecule has 2 aromatic heterocycles. The molecule has 1 spiro atoms. The number of aryl methyl sites for hydroxylation is 1. The van der Waals surface area contributed by atoms with Crippen LogP contribution in [0.1, 0.15) is 31.9 Å². The number of hydrogen-bond donors (Lipinski definition) is 0. The van der Waals surface area contributed by atoms with Crippen molar-refractivity contribution in [2.75, 3.05) is 7.11 Å². The van der Waals surface area contributed by atoms with Gasteiger partial charge in [-0.2, -0.15) is 0 Å². The summed E-state index contributed by atoms with van der Waals surface area (Å²) in [5, 5.41) is 2.11. The van der Waals surface area contributed by atoms with Crippen LogP contribution in [0.5, 0.6) is 5.75 Å². The molecule has 47 heavy (non-hydrogen) atoms. The second-order valence-corrected chi connectivity index (χ2v) is 12.5. The van der Waals surface area contributed by atoms with Crippen LogP contribution in [0.25, 0.3) is 61.0 Å². The Morgan fingerprint density at radius 3 is 1.85 bits per heavy atom. The number of pyridine rings is 1. The first-order valence-corrected chi connectivity index (χ1v) is 15.9. The standard InChI is InChI=1S/C44H30N2O/c1-27-22-43(45-26-36(27)28-12-4-3-5-13-28)46-41-23-29(47-2)20-21-33(41)35-24-34-32-16-8-11-19-39(32)44(40(34)25-42(35)46)37-17-9-6-14-30(37)31-15-7-10-18-38(31)44/h3-26H,1-2H3/i1D3. The van der Waals surface area contributed by atoms with E-state index in [0.29, 0.717) is 17.1 Å². The molecule has 0 saturated carbocycles. The van der Waals surface area contributed by atoms with Crippen molar-refractivity contribution in [2.45, 2.75) is 12.3 Å². The lowest BCUT2D eigenvalue weighted by molar-refractivity contribution is 0.415. The maximum Gasteiger partial charge on any atom is 0.137 e. The number of benzene rings is 6. The fourth-order valence-electron chi connectivity index (χ4n) is 8.37. The number of aromatic nitrogens is 2. The molecule has 8 aromatic rings. The Morgan fingerprint density at radius 1 is 0.574 bits per heavy atom. The van der Waals surface area contributed by atoms with Crippen molar-refractivity contribution in [1.82, 2.24) is 9.55 Å². The molecule has 0 radical (unpaired) electrons. The summed E-state index contributed by atoms with van der Waals surface area (Å²) in [5.74, 6) is 1.26. The average Bonchev–Trinajstić information content (AvgIpc) is 3.74. The topological polar surface area (TPSA) is 27.1 Å². The van der Waals surface area contributed by atoms with Crippen LogP contribution in [-0.4, -0.2) is 16.7 Å². The Labute approximate surface area is 277 Å². The second kappa shape index (κ2) is 9.54. The highest BCUT2D eigenvalue weighted by molar-refractivity contribution is 6.12. The monoisotopic (exact) mass is 605 g/mol. The van der Waals surface area contributed by atoms with Crippen LogP contribution >= 0.6 is 0 Å². The van der Waals surface area contributed by atoms with Crippen molar-refractivity contribution in [3.05, 3.63) is 174 Å². The van der Waals surface area contributed by atoms with Gasteiger partial charge in [-0.1, -0.05) is 103 Å². The molecule has 0 fully saturated rings. The molecule has 10 rings (SSSR count). The summed E-state index contributed by atoms with van der Waals surface area (Å²) in [6.45, 7) is -2.36. The molecule has 0 bridgehead atoms. The van der Waals surface area contributed by atoms with Gasteiger partial charge in [-0.05, 0) is 92.8 Å². The summed E-state index contributed by atoms with van der Waals surface area (Å²) in [6.07, 6.45) is 1.71. The minimum absolute atomic E-state index is 0.260. The van der Waals surface area contributed by atoms with Gasteiger partial charge in [-0.15, -0.1) is 0 Å². The number of nitrogens with zero attached hydrogens (tertiary/aromatic N) is 2. The summed E-state index contributed by atoms with van der Waals surface area (Å²) in [5.41, 5.74) is 12.9. The Bertz CT molecular complexity index is 2640. The van der Waals surface area contributed by atoms with Crippen molar-refractivity contribution in [3.8, 4) is 44.9 Å². The van der Waals surface area contributed by atoms with E-state index < -0.39 is 12.3 Å². The predicted molar refractivity (Wildman–Crippen MR) is 192 cm³/mol. The summed E-state index contributed by atoms with van der Waals surface area (Å²) >= 11 is 0. The molecular weight excluding hydrogens is 572 g/mol. The molecule has 222 valence electrons. The van der Waals surface area contributed by atoms with Gasteiger partial charge in [0.25, 0.3) is 0 Å². The SMILES string of the molecule is [2H]C([2H])([2H])c1cc(-n2c3cc(OC)ccc3c3cc4c(cc32)C2(c3ccccc3-c3ccccc32)c2ccccc2-4)ncc1-c1ccccc1. The highest BCUT2D eigenvalue weighted by atomic mass is 16.5. The summed E-state index contributed by atoms with van der Waals surface area (Å²) < 4.78 is 33.6. The van der Waals surface area contributed by atoms with E-state index in [4.69, 9.17) is 13.8 Å². The van der Waals surface area contributed by atoms with E-state index in [1.165, 1.54) is 44.5 Å². The van der Waals surface area contributed by atoms with E-state index in [0.717, 1.165) is 27.4 Å². The largest absolute Gasteiger partial charge is 0.497 e. The number of ether oxygens (including phenoxy) is 1. The molecule has 2 aliphatic carbocycles. The summed E-state index contributed by atoms with van der Waals surface area (Å²) in [4.78, 5) is 4.99. The molecule has 2 heterocycles. The molecule has 6 aromatic carbocycles. The highest BCUT2D eigenvalue weighted by Crippen LogP contribution is 2.63. The third kappa shape index (κ3) is 3.38. The maximum absolute atomic E-state index is 8.57. The van der Waals surface area contributed by atoms with Crippen molar-refractivity contribution >= 4 is 21.8 Å². The molecule has 0 N–H and O–H groups in total. The van der Waals surface area contributed by atoms with Gasteiger partial charge in [0.2, 0.25) is 0 Å². The number of fused-ring (bicyclic) bond motifs is 13. The van der Waals surface area contributed by atoms with Gasteiger partial charge in [0.15, 0.2) is 0 Å². The van der Waals surface area contributed by atoms with E-state index >= 15 is 0 Å². The van der Waals surface area contributed by atoms with E-state index in [2.05, 4.69) is 95.6 Å². The zero-order valence-electron chi connectivity index (χ0n) is 28.7. The van der Waals surface area contributed by atoms with Crippen LogP contribution in [0.3, 0.4) is 0 Å². The molecule has 0 atom stereocenters. The third-order valence-corrected chi connectivity index (χ3v) is 10.3. The van der Waals surface area contributed by atoms with Crippen LogP contribution in [0.15, 0.2) is 146 Å². The van der Waals surface area contributed by atoms with Crippen LogP contribution < -0.4 is 4.74 Å². The average molecular weight is 606 g/mol. The Kier molecular flexibility index (Phi) is 4.75. The minimum atomic E-state index is -2.36. The lowest BCUT2D eigenvalue weighted by Gasteiger charge is -2.30. The van der Waals surface area contributed by atoms with Crippen molar-refractivity contribution in [1.29, 1.82) is 0 Å². The van der Waals surface area contributed by atoms with E-state index in [1.54, 1.807) is 19.4 Å². The van der Waals surface area contributed by atoms with Crippen LogP contribution in [0.2, 0.25) is 0 Å². The molecule has 3 heteroatoms. The molecule has 0 unspecified atom stereocenters. The number of rotatable bonds is 3. The van der Waals surface area contributed by atoms with Gasteiger partial charge in [0, 0.05) is 32.7 Å². The third-order valence-electron chi connectivity index (χ3n) is 10.3. The van der Waals surface area contributed by atoms with Gasteiger partial charge < -0.3 is 4.74 Å². The fourth-order valence-corrected chi connectivity index (χ4v) is 8.37. The zero-order valence-corrected chi connectivity index (χ0v) is 25.7. The molecule has 0 saturated heterocycles. The highest BCUT2D eigenvalue weighted by Gasteiger charge is 2.51. The smallest absolute Gasteiger partial charge is 0.137 e. The quantitative estimate of drug-likeness (QED) is 0.200. The van der Waals surface area contributed by atoms with Gasteiger partial charge in [-0.3, -0.25) is 4.57 Å². The van der Waals surface area contributed by atoms with E-state index in [9.17, 15) is 0 Å².